The predicted molar refractivity (Wildman–Crippen MR) is 240 cm³/mol. The van der Waals surface area contributed by atoms with E-state index in [2.05, 4.69) is 88.3 Å². The zero-order valence-corrected chi connectivity index (χ0v) is 37.2. The van der Waals surface area contributed by atoms with Gasteiger partial charge in [-0.25, -0.2) is 19.6 Å². The predicted octanol–water partition coefficient (Wildman–Crippen LogP) is 8.40. The van der Waals surface area contributed by atoms with Crippen LogP contribution >= 0.6 is 0 Å². The average Bonchev–Trinajstić information content (AvgIpc) is 4.14. The minimum Gasteiger partial charge on any atom is -0.453 e. The van der Waals surface area contributed by atoms with Gasteiger partial charge in [0.15, 0.2) is 0 Å². The van der Waals surface area contributed by atoms with E-state index >= 15 is 0 Å². The van der Waals surface area contributed by atoms with Crippen LogP contribution in [0.5, 0.6) is 0 Å². The van der Waals surface area contributed by atoms with Crippen molar-refractivity contribution in [2.24, 2.45) is 11.8 Å². The van der Waals surface area contributed by atoms with Crippen molar-refractivity contribution < 1.29 is 28.7 Å². The summed E-state index contributed by atoms with van der Waals surface area (Å²) in [7, 11) is 0.892. The van der Waals surface area contributed by atoms with Gasteiger partial charge in [-0.2, -0.15) is 0 Å². The first-order valence-corrected chi connectivity index (χ1v) is 25.8. The van der Waals surface area contributed by atoms with Crippen LogP contribution < -0.4 is 10.6 Å². The van der Waals surface area contributed by atoms with Crippen LogP contribution in [0.25, 0.3) is 44.2 Å². The number of benzene rings is 3. The Morgan fingerprint density at radius 2 is 1.32 bits per heavy atom. The van der Waals surface area contributed by atoms with Gasteiger partial charge in [0.2, 0.25) is 11.8 Å². The zero-order valence-electron chi connectivity index (χ0n) is 36.2. The number of hydrogen-bond acceptors (Lipinski definition) is 8. The van der Waals surface area contributed by atoms with Crippen LogP contribution in [0.2, 0.25) is 19.1 Å². The summed E-state index contributed by atoms with van der Waals surface area (Å²) in [5.41, 5.74) is 5.84. The number of ether oxygens (including phenoxy) is 2. The molecule has 0 bridgehead atoms. The van der Waals surface area contributed by atoms with Crippen LogP contribution in [0.4, 0.5) is 9.59 Å². The summed E-state index contributed by atoms with van der Waals surface area (Å²) in [5, 5.41) is 7.86. The molecule has 62 heavy (non-hydrogen) atoms. The van der Waals surface area contributed by atoms with Crippen molar-refractivity contribution in [3.8, 4) is 22.4 Å². The fraction of sp³-hybridized carbons (Fsp3) is 0.489. The number of rotatable bonds is 10. The smallest absolute Gasteiger partial charge is 0.407 e. The molecule has 2 saturated carbocycles. The number of fused-ring (bicyclic) bond motifs is 3. The number of hydrogen-bond donors (Lipinski definition) is 4. The van der Waals surface area contributed by atoms with Crippen LogP contribution in [0, 0.1) is 11.8 Å². The second kappa shape index (κ2) is 17.2. The highest BCUT2D eigenvalue weighted by molar-refractivity contribution is 6.78. The Balaban J connectivity index is 0.919. The third-order valence-corrected chi connectivity index (χ3v) is 16.7. The van der Waals surface area contributed by atoms with E-state index in [0.717, 1.165) is 126 Å². The van der Waals surface area contributed by atoms with Crippen molar-refractivity contribution in [3.63, 3.8) is 0 Å². The second-order valence-corrected chi connectivity index (χ2v) is 23.7. The molecule has 4 amide bonds. The minimum absolute atomic E-state index is 0.0365. The van der Waals surface area contributed by atoms with E-state index in [1.807, 2.05) is 16.0 Å². The molecule has 4 atom stereocenters. The molecule has 0 radical (unpaired) electrons. The van der Waals surface area contributed by atoms with Crippen LogP contribution in [0.1, 0.15) is 87.9 Å². The molecule has 2 saturated heterocycles. The summed E-state index contributed by atoms with van der Waals surface area (Å²) in [6.45, 7) is 5.26. The SMILES string of the molecule is COC(=O)N[C@@H](C(=O)N1CCC[C@@H]1c1ncc(-c2ccc(-c3ccc4c(ccc5[nH]c([C@@H]6C[Si](C)(C)CN6C(=O)[C@H](NC(=O)OC)C6CCCC6)nc54)c3)cc2)[nH]1)C1CCCC1. The maximum absolute atomic E-state index is 14.3. The summed E-state index contributed by atoms with van der Waals surface area (Å²) in [5.74, 6) is 1.65. The van der Waals surface area contributed by atoms with Gasteiger partial charge in [0.1, 0.15) is 23.7 Å². The highest BCUT2D eigenvalue weighted by Gasteiger charge is 2.47. The molecule has 15 heteroatoms. The lowest BCUT2D eigenvalue weighted by Gasteiger charge is -2.31. The van der Waals surface area contributed by atoms with Gasteiger partial charge in [0.25, 0.3) is 0 Å². The Morgan fingerprint density at radius 3 is 1.97 bits per heavy atom. The number of likely N-dealkylation sites (tertiary alicyclic amines) is 1. The van der Waals surface area contributed by atoms with Crippen LogP contribution in [-0.2, 0) is 19.1 Å². The quantitative estimate of drug-likeness (QED) is 0.101. The first-order valence-electron chi connectivity index (χ1n) is 22.4. The number of carbonyl (C=O) groups excluding carboxylic acids is 4. The lowest BCUT2D eigenvalue weighted by atomic mass is 9.96. The number of aromatic amines is 2. The first kappa shape index (κ1) is 41.6. The van der Waals surface area contributed by atoms with Gasteiger partial charge in [-0.05, 0) is 90.6 Å². The number of methoxy groups -OCH3 is 2. The molecule has 0 unspecified atom stereocenters. The maximum atomic E-state index is 14.3. The van der Waals surface area contributed by atoms with E-state index in [1.165, 1.54) is 14.2 Å². The Bertz CT molecular complexity index is 2470. The number of amides is 4. The van der Waals surface area contributed by atoms with E-state index in [4.69, 9.17) is 19.4 Å². The molecule has 4 fully saturated rings. The lowest BCUT2D eigenvalue weighted by molar-refractivity contribution is -0.136. The van der Waals surface area contributed by atoms with E-state index in [-0.39, 0.29) is 35.7 Å². The van der Waals surface area contributed by atoms with Crippen LogP contribution in [0.3, 0.4) is 0 Å². The second-order valence-electron chi connectivity index (χ2n) is 18.6. The van der Waals surface area contributed by atoms with Crippen molar-refractivity contribution in [2.75, 3.05) is 26.9 Å². The fourth-order valence-electron chi connectivity index (χ4n) is 10.8. The van der Waals surface area contributed by atoms with E-state index in [0.29, 0.717) is 12.7 Å². The number of alkyl carbamates (subject to hydrolysis) is 2. The van der Waals surface area contributed by atoms with E-state index < -0.39 is 32.3 Å². The minimum atomic E-state index is -1.78. The number of nitrogens with zero attached hydrogens (tertiary/aromatic N) is 4. The van der Waals surface area contributed by atoms with Gasteiger partial charge in [0.05, 0.1) is 57.3 Å². The normalized spacial score (nSPS) is 21.4. The molecule has 0 spiro atoms. The number of imidazole rings is 2. The third kappa shape index (κ3) is 8.18. The molecule has 9 rings (SSSR count). The standard InChI is InChI=1S/C47H58N8O6Si/c1-60-46(58)52-39(30-10-5-6-11-30)44(56)54-23-9-14-37(54)42-48-25-36(50-42)29-17-15-28(16-18-29)32-19-21-34-33(24-32)20-22-35-41(34)51-43(49-35)38-26-62(3,4)27-55(38)45(57)40(53-47(59)61-2)31-12-7-8-13-31/h15-22,24-25,30-31,37-40H,5-14,23,26-27H2,1-4H3,(H,48,50)(H,49,51)(H,52,58)(H,53,59)/t37-,38+,39-,40-/m1/s1. The molecule has 2 aliphatic carbocycles. The first-order chi connectivity index (χ1) is 30.0. The number of nitrogens with one attached hydrogen (secondary N) is 4. The number of aromatic nitrogens is 4. The summed E-state index contributed by atoms with van der Waals surface area (Å²) in [4.78, 5) is 73.9. The molecule has 4 N–H and O–H groups in total. The Morgan fingerprint density at radius 1 is 0.710 bits per heavy atom. The Labute approximate surface area is 362 Å². The average molecular weight is 859 g/mol. The Hall–Kier alpha value is -5.70. The summed E-state index contributed by atoms with van der Waals surface area (Å²) in [6, 6.07) is 18.4. The van der Waals surface area contributed by atoms with Gasteiger partial charge >= 0.3 is 12.2 Å². The highest BCUT2D eigenvalue weighted by Crippen LogP contribution is 2.41. The van der Waals surface area contributed by atoms with E-state index in [1.54, 1.807) is 0 Å². The fourth-order valence-corrected chi connectivity index (χ4v) is 13.7. The molecule has 3 aromatic carbocycles. The van der Waals surface area contributed by atoms with Crippen molar-refractivity contribution >= 4 is 53.9 Å². The van der Waals surface area contributed by atoms with Crippen LogP contribution in [-0.4, -0.2) is 101 Å². The molecule has 2 aromatic heterocycles. The summed E-state index contributed by atoms with van der Waals surface area (Å²) in [6.07, 6.45) is 11.0. The van der Waals surface area contributed by atoms with Gasteiger partial charge < -0.3 is 39.9 Å². The van der Waals surface area contributed by atoms with E-state index in [9.17, 15) is 19.2 Å². The van der Waals surface area contributed by atoms with Gasteiger partial charge in [0, 0.05) is 18.1 Å². The maximum Gasteiger partial charge on any atom is 0.407 e. The molecular formula is C47H58N8O6Si. The molecule has 2 aliphatic heterocycles. The molecule has 4 aliphatic rings. The summed E-state index contributed by atoms with van der Waals surface area (Å²) >= 11 is 0. The van der Waals surface area contributed by atoms with Gasteiger partial charge in [-0.3, -0.25) is 9.59 Å². The largest absolute Gasteiger partial charge is 0.453 e. The molecular weight excluding hydrogens is 801 g/mol. The van der Waals surface area contributed by atoms with Crippen molar-refractivity contribution in [2.45, 2.75) is 108 Å². The van der Waals surface area contributed by atoms with Crippen molar-refractivity contribution in [1.29, 1.82) is 0 Å². The van der Waals surface area contributed by atoms with Gasteiger partial charge in [-0.15, -0.1) is 0 Å². The Kier molecular flexibility index (Phi) is 11.6. The lowest BCUT2D eigenvalue weighted by Crippen LogP contribution is -2.52. The molecule has 5 aromatic rings. The topological polar surface area (TPSA) is 175 Å². The highest BCUT2D eigenvalue weighted by atomic mass is 28.3. The monoisotopic (exact) mass is 858 g/mol. The molecule has 326 valence electrons. The van der Waals surface area contributed by atoms with Crippen LogP contribution in [0.15, 0.2) is 60.8 Å². The zero-order chi connectivity index (χ0) is 43.1. The molecule has 14 nitrogen and oxygen atoms in total. The summed E-state index contributed by atoms with van der Waals surface area (Å²) < 4.78 is 9.83. The number of H-pyrrole nitrogens is 2. The third-order valence-electron chi connectivity index (χ3n) is 14.0. The van der Waals surface area contributed by atoms with Crippen molar-refractivity contribution in [3.05, 3.63) is 72.4 Å². The number of carbonyl (C=O) groups is 4. The van der Waals surface area contributed by atoms with Gasteiger partial charge in [-0.1, -0.05) is 81.2 Å². The van der Waals surface area contributed by atoms with Crippen molar-refractivity contribution in [1.82, 2.24) is 40.4 Å². The molecule has 4 heterocycles.